The first-order valence-corrected chi connectivity index (χ1v) is 11.1. The summed E-state index contributed by atoms with van der Waals surface area (Å²) in [6, 6.07) is 20.2. The van der Waals surface area contributed by atoms with Gasteiger partial charge in [0.2, 0.25) is 5.91 Å². The van der Waals surface area contributed by atoms with Crippen molar-refractivity contribution in [1.29, 1.82) is 0 Å². The van der Waals surface area contributed by atoms with Crippen LogP contribution in [0.15, 0.2) is 66.9 Å². The molecule has 0 unspecified atom stereocenters. The molecule has 3 nitrogen and oxygen atoms in total. The van der Waals surface area contributed by atoms with Crippen LogP contribution in [0.5, 0.6) is 0 Å². The fourth-order valence-electron chi connectivity index (χ4n) is 5.28. The van der Waals surface area contributed by atoms with E-state index in [1.807, 2.05) is 36.4 Å². The molecule has 1 aliphatic heterocycles. The Hall–Kier alpha value is -2.36. The lowest BCUT2D eigenvalue weighted by Crippen LogP contribution is -2.32. The molecule has 1 saturated heterocycles. The molecule has 5 rings (SSSR count). The number of halogens is 2. The third kappa shape index (κ3) is 3.51. The number of hydrogen-bond acceptors (Lipinski definition) is 2. The summed E-state index contributed by atoms with van der Waals surface area (Å²) in [7, 11) is 0. The van der Waals surface area contributed by atoms with Crippen molar-refractivity contribution < 1.29 is 4.79 Å². The van der Waals surface area contributed by atoms with E-state index < -0.39 is 0 Å². The van der Waals surface area contributed by atoms with E-state index >= 15 is 0 Å². The maximum Gasteiger partial charge on any atom is 0.223 e. The maximum atomic E-state index is 12.4. The molecule has 3 aromatic rings. The van der Waals surface area contributed by atoms with Crippen LogP contribution in [-0.2, 0) is 4.79 Å². The maximum absolute atomic E-state index is 12.4. The van der Waals surface area contributed by atoms with Gasteiger partial charge in [0.15, 0.2) is 0 Å². The fraction of sp³-hybridized carbons (Fsp3) is 0.280. The number of aromatic nitrogens is 1. The summed E-state index contributed by atoms with van der Waals surface area (Å²) >= 11 is 13.0. The molecule has 1 amide bonds. The Morgan fingerprint density at radius 2 is 1.73 bits per heavy atom. The van der Waals surface area contributed by atoms with E-state index in [0.717, 1.165) is 46.3 Å². The second kappa shape index (κ2) is 8.05. The second-order valence-corrected chi connectivity index (χ2v) is 9.07. The number of carbonyl (C=O) groups excluding carboxylic acids is 1. The van der Waals surface area contributed by atoms with Gasteiger partial charge in [0.1, 0.15) is 0 Å². The number of hydrogen-bond donors (Lipinski definition) is 1. The van der Waals surface area contributed by atoms with E-state index in [-0.39, 0.29) is 29.6 Å². The molecule has 0 spiro atoms. The van der Waals surface area contributed by atoms with Crippen molar-refractivity contribution in [1.82, 2.24) is 10.3 Å². The largest absolute Gasteiger partial charge is 0.356 e. The zero-order chi connectivity index (χ0) is 20.7. The van der Waals surface area contributed by atoms with Crippen molar-refractivity contribution in [3.05, 3.63) is 88.0 Å². The van der Waals surface area contributed by atoms with Gasteiger partial charge in [-0.25, -0.2) is 0 Å². The number of nitrogens with one attached hydrogen (secondary N) is 1. The van der Waals surface area contributed by atoms with Crippen molar-refractivity contribution in [2.75, 3.05) is 6.54 Å². The molecule has 2 aromatic carbocycles. The van der Waals surface area contributed by atoms with Gasteiger partial charge in [-0.3, -0.25) is 9.78 Å². The highest BCUT2D eigenvalue weighted by atomic mass is 35.5. The van der Waals surface area contributed by atoms with Crippen LogP contribution in [-0.4, -0.2) is 17.4 Å². The molecule has 1 N–H and O–H groups in total. The van der Waals surface area contributed by atoms with E-state index in [1.165, 1.54) is 5.56 Å². The highest BCUT2D eigenvalue weighted by Gasteiger charge is 2.47. The first-order valence-electron chi connectivity index (χ1n) is 10.4. The number of pyridine rings is 1. The van der Waals surface area contributed by atoms with Crippen LogP contribution in [0.2, 0.25) is 10.0 Å². The molecular formula is C25H22Cl2N2O. The van der Waals surface area contributed by atoms with E-state index in [1.54, 1.807) is 6.20 Å². The molecule has 1 aromatic heterocycles. The quantitative estimate of drug-likeness (QED) is 0.540. The third-order valence-electron chi connectivity index (χ3n) is 6.66. The standard InChI is InChI=1S/C25H22Cl2N2O/c26-17-7-4-15(5-8-17)24-19(10-11-20-21(24)14-29-25(20)30)18-9-6-16(13-22(18)27)23-3-1-2-12-28-23/h1-9,12-13,19-21,24H,10-11,14H2,(H,29,30)/t19-,20+,21+,24-/m0/s1. The normalized spacial score (nSPS) is 25.6. The zero-order valence-corrected chi connectivity index (χ0v) is 17.9. The lowest BCUT2D eigenvalue weighted by Gasteiger charge is -2.40. The Bertz CT molecular complexity index is 1070. The van der Waals surface area contributed by atoms with Crippen molar-refractivity contribution in [3.8, 4) is 11.3 Å². The molecule has 2 fully saturated rings. The van der Waals surface area contributed by atoms with Crippen LogP contribution in [0.3, 0.4) is 0 Å². The molecule has 2 heterocycles. The summed E-state index contributed by atoms with van der Waals surface area (Å²) in [6.45, 7) is 0.719. The van der Waals surface area contributed by atoms with Gasteiger partial charge in [0.05, 0.1) is 5.69 Å². The SMILES string of the molecule is O=C1NC[C@H]2[C@@H](c3ccc(Cl)cc3)[C@H](c3ccc(-c4ccccn4)cc3Cl)CC[C@@H]12. The molecule has 0 radical (unpaired) electrons. The topological polar surface area (TPSA) is 42.0 Å². The van der Waals surface area contributed by atoms with E-state index in [4.69, 9.17) is 23.2 Å². The summed E-state index contributed by atoms with van der Waals surface area (Å²) in [6.07, 6.45) is 3.62. The molecule has 30 heavy (non-hydrogen) atoms. The highest BCUT2D eigenvalue weighted by molar-refractivity contribution is 6.31. The van der Waals surface area contributed by atoms with Crippen LogP contribution < -0.4 is 5.32 Å². The molecule has 0 bridgehead atoms. The van der Waals surface area contributed by atoms with Gasteiger partial charge in [-0.1, -0.05) is 53.5 Å². The van der Waals surface area contributed by atoms with E-state index in [9.17, 15) is 4.79 Å². The van der Waals surface area contributed by atoms with E-state index in [2.05, 4.69) is 34.6 Å². The van der Waals surface area contributed by atoms with Crippen LogP contribution in [0.1, 0.15) is 35.8 Å². The molecule has 1 saturated carbocycles. The lowest BCUT2D eigenvalue weighted by atomic mass is 9.63. The van der Waals surface area contributed by atoms with Gasteiger partial charge in [0.25, 0.3) is 0 Å². The molecular weight excluding hydrogens is 415 g/mol. The number of fused-ring (bicyclic) bond motifs is 1. The summed E-state index contributed by atoms with van der Waals surface area (Å²) < 4.78 is 0. The van der Waals surface area contributed by atoms with Gasteiger partial charge >= 0.3 is 0 Å². The summed E-state index contributed by atoms with van der Waals surface area (Å²) in [5.74, 6) is 1.01. The lowest BCUT2D eigenvalue weighted by molar-refractivity contribution is -0.123. The smallest absolute Gasteiger partial charge is 0.223 e. The molecule has 2 aliphatic rings. The minimum atomic E-state index is 0.0773. The zero-order valence-electron chi connectivity index (χ0n) is 16.4. The van der Waals surface area contributed by atoms with Gasteiger partial charge in [-0.2, -0.15) is 0 Å². The van der Waals surface area contributed by atoms with Crippen molar-refractivity contribution in [2.45, 2.75) is 24.7 Å². The highest BCUT2D eigenvalue weighted by Crippen LogP contribution is 2.52. The summed E-state index contributed by atoms with van der Waals surface area (Å²) in [4.78, 5) is 16.8. The molecule has 1 aliphatic carbocycles. The first-order chi connectivity index (χ1) is 14.6. The van der Waals surface area contributed by atoms with Crippen molar-refractivity contribution in [3.63, 3.8) is 0 Å². The third-order valence-corrected chi connectivity index (χ3v) is 7.24. The second-order valence-electron chi connectivity index (χ2n) is 8.23. The van der Waals surface area contributed by atoms with E-state index in [0.29, 0.717) is 0 Å². The first kappa shape index (κ1) is 19.6. The Kier molecular flexibility index (Phi) is 5.26. The minimum absolute atomic E-state index is 0.0773. The van der Waals surface area contributed by atoms with Crippen molar-refractivity contribution >= 4 is 29.1 Å². The number of amides is 1. The van der Waals surface area contributed by atoms with Crippen LogP contribution in [0.4, 0.5) is 0 Å². The summed E-state index contributed by atoms with van der Waals surface area (Å²) in [5, 5.41) is 4.57. The monoisotopic (exact) mass is 436 g/mol. The fourth-order valence-corrected chi connectivity index (χ4v) is 5.73. The summed E-state index contributed by atoms with van der Waals surface area (Å²) in [5.41, 5.74) is 4.29. The molecule has 152 valence electrons. The number of carbonyl (C=O) groups is 1. The van der Waals surface area contributed by atoms with Crippen LogP contribution >= 0.6 is 23.2 Å². The van der Waals surface area contributed by atoms with Crippen LogP contribution in [0, 0.1) is 11.8 Å². The van der Waals surface area contributed by atoms with Gasteiger partial charge < -0.3 is 5.32 Å². The number of benzene rings is 2. The van der Waals surface area contributed by atoms with Gasteiger partial charge in [0, 0.05) is 34.3 Å². The average molecular weight is 437 g/mol. The minimum Gasteiger partial charge on any atom is -0.356 e. The van der Waals surface area contributed by atoms with Crippen LogP contribution in [0.25, 0.3) is 11.3 Å². The van der Waals surface area contributed by atoms with Gasteiger partial charge in [-0.15, -0.1) is 0 Å². The van der Waals surface area contributed by atoms with Gasteiger partial charge in [-0.05, 0) is 72.1 Å². The Morgan fingerprint density at radius 3 is 2.47 bits per heavy atom. The molecule has 4 atom stereocenters. The predicted molar refractivity (Wildman–Crippen MR) is 121 cm³/mol. The number of rotatable bonds is 3. The predicted octanol–water partition coefficient (Wildman–Crippen LogP) is 6.08. The Morgan fingerprint density at radius 1 is 0.933 bits per heavy atom. The number of nitrogens with zero attached hydrogens (tertiary/aromatic N) is 1. The Balaban J connectivity index is 1.54. The Labute approximate surface area is 186 Å². The molecule has 5 heteroatoms. The average Bonchev–Trinajstić information content (AvgIpc) is 3.15. The van der Waals surface area contributed by atoms with Crippen molar-refractivity contribution in [2.24, 2.45) is 11.8 Å².